The predicted octanol–water partition coefficient (Wildman–Crippen LogP) is 4.77. The first-order valence-electron chi connectivity index (χ1n) is 12.7. The van der Waals surface area contributed by atoms with Crippen molar-refractivity contribution in [3.8, 4) is 17.4 Å². The van der Waals surface area contributed by atoms with Crippen LogP contribution < -0.4 is 14.4 Å². The second-order valence-corrected chi connectivity index (χ2v) is 9.53. The largest absolute Gasteiger partial charge is 0.473 e. The summed E-state index contributed by atoms with van der Waals surface area (Å²) in [4.78, 5) is 17.9. The molecule has 0 radical (unpaired) electrons. The maximum absolute atomic E-state index is 13.8. The van der Waals surface area contributed by atoms with E-state index in [1.807, 2.05) is 65.6 Å². The molecule has 0 N–H and O–H groups in total. The molecular weight excluding hydrogens is 440 g/mol. The number of nitrogens with zero attached hydrogens (tertiary/aromatic N) is 4. The van der Waals surface area contributed by atoms with E-state index in [-0.39, 0.29) is 17.9 Å². The summed E-state index contributed by atoms with van der Waals surface area (Å²) in [6.07, 6.45) is 6.21. The average Bonchev–Trinajstić information content (AvgIpc) is 2.92. The summed E-state index contributed by atoms with van der Waals surface area (Å²) in [5.74, 6) is 2.72. The van der Waals surface area contributed by atoms with Gasteiger partial charge < -0.3 is 19.3 Å². The van der Waals surface area contributed by atoms with Crippen LogP contribution >= 0.6 is 0 Å². The molecule has 1 aliphatic carbocycles. The van der Waals surface area contributed by atoms with Gasteiger partial charge in [0, 0.05) is 43.4 Å². The minimum atomic E-state index is -0.348. The van der Waals surface area contributed by atoms with Gasteiger partial charge in [-0.15, -0.1) is 10.2 Å². The highest BCUT2D eigenvalue weighted by atomic mass is 16.5. The van der Waals surface area contributed by atoms with Gasteiger partial charge in [-0.25, -0.2) is 0 Å². The van der Waals surface area contributed by atoms with Gasteiger partial charge in [0.2, 0.25) is 11.8 Å². The van der Waals surface area contributed by atoms with Gasteiger partial charge in [-0.2, -0.15) is 0 Å². The normalized spacial score (nSPS) is 18.4. The number of benzene rings is 2. The second-order valence-electron chi connectivity index (χ2n) is 9.53. The zero-order chi connectivity index (χ0) is 23.6. The summed E-state index contributed by atoms with van der Waals surface area (Å²) in [7, 11) is 0. The van der Waals surface area contributed by atoms with Crippen LogP contribution in [0.4, 0.5) is 5.82 Å². The van der Waals surface area contributed by atoms with E-state index < -0.39 is 0 Å². The fourth-order valence-electron chi connectivity index (χ4n) is 5.41. The lowest BCUT2D eigenvalue weighted by molar-refractivity contribution is -0.132. The van der Waals surface area contributed by atoms with Crippen LogP contribution in [0.3, 0.4) is 0 Å². The highest BCUT2D eigenvalue weighted by molar-refractivity contribution is 5.90. The number of aromatic nitrogens is 2. The fourth-order valence-corrected chi connectivity index (χ4v) is 5.41. The van der Waals surface area contributed by atoms with Crippen LogP contribution in [0.15, 0.2) is 60.7 Å². The van der Waals surface area contributed by atoms with Crippen molar-refractivity contribution in [2.75, 3.05) is 31.1 Å². The first-order chi connectivity index (χ1) is 17.3. The quantitative estimate of drug-likeness (QED) is 0.547. The van der Waals surface area contributed by atoms with Crippen LogP contribution in [0.1, 0.15) is 49.1 Å². The molecule has 2 fully saturated rings. The molecule has 1 aromatic heterocycles. The summed E-state index contributed by atoms with van der Waals surface area (Å²) < 4.78 is 12.1. The molecule has 7 heteroatoms. The lowest BCUT2D eigenvalue weighted by Crippen LogP contribution is -2.50. The number of carbonyl (C=O) groups is 1. The molecule has 0 bridgehead atoms. The topological polar surface area (TPSA) is 67.8 Å². The van der Waals surface area contributed by atoms with Crippen LogP contribution in [0, 0.1) is 0 Å². The molecule has 0 unspecified atom stereocenters. The molecule has 35 heavy (non-hydrogen) atoms. The zero-order valence-corrected chi connectivity index (χ0v) is 19.8. The van der Waals surface area contributed by atoms with Crippen LogP contribution in [-0.2, 0) is 4.79 Å². The number of hydrogen-bond donors (Lipinski definition) is 0. The first-order valence-corrected chi connectivity index (χ1v) is 12.7. The number of piperazine rings is 1. The van der Waals surface area contributed by atoms with E-state index in [2.05, 4.69) is 15.1 Å². The van der Waals surface area contributed by atoms with E-state index in [0.29, 0.717) is 19.0 Å². The summed E-state index contributed by atoms with van der Waals surface area (Å²) >= 11 is 0. The predicted molar refractivity (Wildman–Crippen MR) is 133 cm³/mol. The molecule has 3 heterocycles. The molecule has 7 nitrogen and oxygen atoms in total. The van der Waals surface area contributed by atoms with Crippen molar-refractivity contribution in [3.63, 3.8) is 0 Å². The highest BCUT2D eigenvalue weighted by Crippen LogP contribution is 2.44. The van der Waals surface area contributed by atoms with Crippen molar-refractivity contribution >= 4 is 11.7 Å². The van der Waals surface area contributed by atoms with E-state index >= 15 is 0 Å². The van der Waals surface area contributed by atoms with E-state index in [4.69, 9.17) is 9.47 Å². The number of para-hydroxylation sites is 2. The van der Waals surface area contributed by atoms with Crippen molar-refractivity contribution in [1.29, 1.82) is 0 Å². The van der Waals surface area contributed by atoms with Gasteiger partial charge in [0.1, 0.15) is 17.6 Å². The van der Waals surface area contributed by atoms with Crippen molar-refractivity contribution in [3.05, 3.63) is 71.8 Å². The van der Waals surface area contributed by atoms with E-state index in [1.165, 1.54) is 19.3 Å². The second kappa shape index (κ2) is 9.56. The number of carbonyl (C=O) groups excluding carboxylic acids is 1. The molecule has 2 aromatic carbocycles. The monoisotopic (exact) mass is 470 g/mol. The number of anilines is 1. The Morgan fingerprint density at radius 2 is 1.46 bits per heavy atom. The van der Waals surface area contributed by atoms with Gasteiger partial charge in [0.25, 0.3) is 0 Å². The van der Waals surface area contributed by atoms with Crippen LogP contribution in [0.5, 0.6) is 17.4 Å². The Morgan fingerprint density at radius 1 is 0.800 bits per heavy atom. The Balaban J connectivity index is 1.12. The standard InChI is InChI=1S/C28H30N4O3/c33-28(27-21-10-4-6-12-23(21)35-24-13-7-5-11-22(24)27)32-18-16-31(17-19-32)25-14-15-26(30-29-25)34-20-8-2-1-3-9-20/h4-7,10-15,20,27H,1-3,8-9,16-19H2. The molecule has 0 spiro atoms. The number of amides is 1. The van der Waals surface area contributed by atoms with Crippen LogP contribution in [0.25, 0.3) is 0 Å². The molecule has 6 rings (SSSR count). The number of rotatable bonds is 4. The van der Waals surface area contributed by atoms with Crippen molar-refractivity contribution in [2.24, 2.45) is 0 Å². The fraction of sp³-hybridized carbons (Fsp3) is 0.393. The van der Waals surface area contributed by atoms with Gasteiger partial charge in [-0.05, 0) is 43.9 Å². The highest BCUT2D eigenvalue weighted by Gasteiger charge is 2.36. The minimum absolute atomic E-state index is 0.121. The maximum atomic E-state index is 13.8. The maximum Gasteiger partial charge on any atom is 0.234 e. The van der Waals surface area contributed by atoms with Crippen molar-refractivity contribution in [2.45, 2.75) is 44.1 Å². The SMILES string of the molecule is O=C(C1c2ccccc2Oc2ccccc21)N1CCN(c2ccc(OC3CCCCC3)nn2)CC1. The summed E-state index contributed by atoms with van der Waals surface area (Å²) in [5.41, 5.74) is 1.86. The number of fused-ring (bicyclic) bond motifs is 2. The van der Waals surface area contributed by atoms with Gasteiger partial charge >= 0.3 is 0 Å². The summed E-state index contributed by atoms with van der Waals surface area (Å²) in [6, 6.07) is 19.6. The van der Waals surface area contributed by atoms with Crippen LogP contribution in [0.2, 0.25) is 0 Å². The molecule has 180 valence electrons. The Morgan fingerprint density at radius 3 is 2.09 bits per heavy atom. The summed E-state index contributed by atoms with van der Waals surface area (Å²) in [6.45, 7) is 2.72. The minimum Gasteiger partial charge on any atom is -0.473 e. The average molecular weight is 471 g/mol. The molecule has 2 aliphatic heterocycles. The molecular formula is C28H30N4O3. The van der Waals surface area contributed by atoms with Gasteiger partial charge in [0.05, 0.1) is 5.92 Å². The lowest BCUT2D eigenvalue weighted by Gasteiger charge is -2.38. The van der Waals surface area contributed by atoms with E-state index in [9.17, 15) is 4.79 Å². The van der Waals surface area contributed by atoms with Crippen molar-refractivity contribution in [1.82, 2.24) is 15.1 Å². The number of ether oxygens (including phenoxy) is 2. The molecule has 3 aliphatic rings. The lowest BCUT2D eigenvalue weighted by atomic mass is 9.86. The third kappa shape index (κ3) is 4.43. The van der Waals surface area contributed by atoms with Gasteiger partial charge in [0.15, 0.2) is 5.82 Å². The molecule has 1 amide bonds. The number of hydrogen-bond acceptors (Lipinski definition) is 6. The Bertz CT molecular complexity index is 1140. The van der Waals surface area contributed by atoms with Crippen molar-refractivity contribution < 1.29 is 14.3 Å². The Kier molecular flexibility index (Phi) is 5.98. The molecule has 1 saturated carbocycles. The Labute approximate surface area is 205 Å². The zero-order valence-electron chi connectivity index (χ0n) is 19.8. The third-order valence-electron chi connectivity index (χ3n) is 7.31. The van der Waals surface area contributed by atoms with Gasteiger partial charge in [-0.1, -0.05) is 42.8 Å². The van der Waals surface area contributed by atoms with E-state index in [0.717, 1.165) is 54.4 Å². The Hall–Kier alpha value is -3.61. The van der Waals surface area contributed by atoms with Gasteiger partial charge in [-0.3, -0.25) is 4.79 Å². The van der Waals surface area contributed by atoms with Crippen LogP contribution in [-0.4, -0.2) is 53.3 Å². The molecule has 3 aromatic rings. The summed E-state index contributed by atoms with van der Waals surface area (Å²) in [5, 5.41) is 8.74. The third-order valence-corrected chi connectivity index (χ3v) is 7.31. The van der Waals surface area contributed by atoms with E-state index in [1.54, 1.807) is 0 Å². The molecule has 1 saturated heterocycles. The smallest absolute Gasteiger partial charge is 0.234 e. The molecule has 0 atom stereocenters. The first kappa shape index (κ1) is 21.9.